The summed E-state index contributed by atoms with van der Waals surface area (Å²) in [7, 11) is 3.66. The first-order valence-corrected chi connectivity index (χ1v) is 9.58. The van der Waals surface area contributed by atoms with Gasteiger partial charge in [0.1, 0.15) is 5.69 Å². The van der Waals surface area contributed by atoms with Crippen LogP contribution in [0.3, 0.4) is 0 Å². The highest BCUT2D eigenvalue weighted by molar-refractivity contribution is 5.94. The minimum atomic E-state index is -0.166. The zero-order valence-corrected chi connectivity index (χ0v) is 16.0. The van der Waals surface area contributed by atoms with E-state index < -0.39 is 0 Å². The van der Waals surface area contributed by atoms with E-state index >= 15 is 0 Å². The van der Waals surface area contributed by atoms with E-state index in [0.29, 0.717) is 11.6 Å². The summed E-state index contributed by atoms with van der Waals surface area (Å²) in [4.78, 5) is 19.4. The lowest BCUT2D eigenvalue weighted by Gasteiger charge is -2.20. The number of rotatable bonds is 7. The molecule has 2 aromatic heterocycles. The monoisotopic (exact) mass is 369 g/mol. The number of carbonyl (C=O) groups is 1. The molecule has 144 valence electrons. The molecule has 0 aromatic carbocycles. The average Bonchev–Trinajstić information content (AvgIpc) is 3.04. The number of pyridine rings is 1. The molecule has 0 bridgehead atoms. The number of nitrogens with one attached hydrogen (secondary N) is 1. The molecule has 0 radical (unpaired) electrons. The number of amides is 1. The SMILES string of the molecule is COC[C@H]1CCN(c2ccnc(C(=O)NC3(Cc4ccn(C)n4)CC3)c2)C1. The Bertz CT molecular complexity index is 814. The van der Waals surface area contributed by atoms with Crippen LogP contribution in [0, 0.1) is 5.92 Å². The molecule has 1 saturated heterocycles. The van der Waals surface area contributed by atoms with E-state index in [1.54, 1.807) is 18.0 Å². The van der Waals surface area contributed by atoms with Gasteiger partial charge in [-0.15, -0.1) is 0 Å². The van der Waals surface area contributed by atoms with E-state index in [2.05, 4.69) is 20.3 Å². The predicted molar refractivity (Wildman–Crippen MR) is 103 cm³/mol. The second kappa shape index (κ2) is 7.31. The molecule has 2 fully saturated rings. The van der Waals surface area contributed by atoms with E-state index in [1.165, 1.54) is 0 Å². The van der Waals surface area contributed by atoms with Crippen molar-refractivity contribution >= 4 is 11.6 Å². The van der Waals surface area contributed by atoms with Gasteiger partial charge in [0.2, 0.25) is 0 Å². The zero-order chi connectivity index (χ0) is 18.9. The third-order valence-electron chi connectivity index (χ3n) is 5.55. The maximum absolute atomic E-state index is 12.8. The van der Waals surface area contributed by atoms with Gasteiger partial charge in [0.15, 0.2) is 0 Å². The molecule has 1 N–H and O–H groups in total. The Morgan fingerprint density at radius 3 is 2.96 bits per heavy atom. The summed E-state index contributed by atoms with van der Waals surface area (Å²) in [6.07, 6.45) is 7.52. The highest BCUT2D eigenvalue weighted by atomic mass is 16.5. The van der Waals surface area contributed by atoms with Crippen LogP contribution in [-0.2, 0) is 18.2 Å². The summed E-state index contributed by atoms with van der Waals surface area (Å²) in [5.74, 6) is 0.450. The minimum absolute atomic E-state index is 0.0991. The fourth-order valence-electron chi connectivity index (χ4n) is 3.89. The molecule has 27 heavy (non-hydrogen) atoms. The zero-order valence-electron chi connectivity index (χ0n) is 16.0. The third kappa shape index (κ3) is 4.13. The molecule has 1 atom stereocenters. The largest absolute Gasteiger partial charge is 0.384 e. The number of aromatic nitrogens is 3. The van der Waals surface area contributed by atoms with Crippen molar-refractivity contribution in [1.82, 2.24) is 20.1 Å². The van der Waals surface area contributed by atoms with Crippen LogP contribution >= 0.6 is 0 Å². The fourth-order valence-corrected chi connectivity index (χ4v) is 3.89. The Morgan fingerprint density at radius 2 is 2.26 bits per heavy atom. The minimum Gasteiger partial charge on any atom is -0.384 e. The number of ether oxygens (including phenoxy) is 1. The van der Waals surface area contributed by atoms with Gasteiger partial charge in [0.25, 0.3) is 5.91 Å². The van der Waals surface area contributed by atoms with E-state index in [9.17, 15) is 4.79 Å². The fraction of sp³-hybridized carbons (Fsp3) is 0.550. The second-order valence-electron chi connectivity index (χ2n) is 7.85. The van der Waals surface area contributed by atoms with Crippen LogP contribution in [0.25, 0.3) is 0 Å². The Labute approximate surface area is 159 Å². The summed E-state index contributed by atoms with van der Waals surface area (Å²) >= 11 is 0. The number of aryl methyl sites for hydroxylation is 1. The van der Waals surface area contributed by atoms with Gasteiger partial charge in [0.05, 0.1) is 12.3 Å². The smallest absolute Gasteiger partial charge is 0.270 e. The van der Waals surface area contributed by atoms with E-state index in [4.69, 9.17) is 4.74 Å². The summed E-state index contributed by atoms with van der Waals surface area (Å²) in [5.41, 5.74) is 2.39. The Hall–Kier alpha value is -2.41. The number of hydrogen-bond acceptors (Lipinski definition) is 5. The molecule has 3 heterocycles. The lowest BCUT2D eigenvalue weighted by molar-refractivity contribution is 0.0926. The third-order valence-corrected chi connectivity index (χ3v) is 5.55. The number of anilines is 1. The van der Waals surface area contributed by atoms with E-state index in [0.717, 1.165) is 56.8 Å². The van der Waals surface area contributed by atoms with Gasteiger partial charge in [-0.2, -0.15) is 5.10 Å². The maximum Gasteiger partial charge on any atom is 0.270 e. The molecule has 4 rings (SSSR count). The van der Waals surface area contributed by atoms with Gasteiger partial charge in [-0.3, -0.25) is 14.5 Å². The van der Waals surface area contributed by atoms with Crippen molar-refractivity contribution < 1.29 is 9.53 Å². The van der Waals surface area contributed by atoms with Crippen molar-refractivity contribution in [1.29, 1.82) is 0 Å². The summed E-state index contributed by atoms with van der Waals surface area (Å²) < 4.78 is 7.07. The van der Waals surface area contributed by atoms with Gasteiger partial charge in [-0.25, -0.2) is 0 Å². The number of hydrogen-bond donors (Lipinski definition) is 1. The van der Waals surface area contributed by atoms with Crippen molar-refractivity contribution in [2.24, 2.45) is 13.0 Å². The molecular formula is C20H27N5O2. The molecule has 7 heteroatoms. The Morgan fingerprint density at radius 1 is 1.41 bits per heavy atom. The van der Waals surface area contributed by atoms with Crippen molar-refractivity contribution in [3.63, 3.8) is 0 Å². The molecular weight excluding hydrogens is 342 g/mol. The Kier molecular flexibility index (Phi) is 4.86. The standard InChI is InChI=1S/C20H27N5O2/c1-24-9-5-16(23-24)12-20(6-7-20)22-19(26)18-11-17(3-8-21-18)25-10-4-15(13-25)14-27-2/h3,5,8-9,11,15H,4,6-7,10,12-14H2,1-2H3,(H,22,26)/t15-/m0/s1. The first kappa shape index (κ1) is 18.0. The summed E-state index contributed by atoms with van der Waals surface area (Å²) in [6, 6.07) is 5.89. The van der Waals surface area contributed by atoms with Crippen LogP contribution in [0.1, 0.15) is 35.4 Å². The Balaban J connectivity index is 1.41. The topological polar surface area (TPSA) is 72.3 Å². The molecule has 0 unspecified atom stereocenters. The van der Waals surface area contributed by atoms with Crippen LogP contribution in [0.2, 0.25) is 0 Å². The van der Waals surface area contributed by atoms with Gasteiger partial charge in [-0.1, -0.05) is 0 Å². The highest BCUT2D eigenvalue weighted by Gasteiger charge is 2.44. The van der Waals surface area contributed by atoms with Crippen molar-refractivity contribution in [3.05, 3.63) is 42.0 Å². The van der Waals surface area contributed by atoms with Crippen LogP contribution in [0.4, 0.5) is 5.69 Å². The number of methoxy groups -OCH3 is 1. The molecule has 7 nitrogen and oxygen atoms in total. The molecule has 2 aromatic rings. The van der Waals surface area contributed by atoms with Crippen molar-refractivity contribution in [3.8, 4) is 0 Å². The van der Waals surface area contributed by atoms with Crippen LogP contribution in [-0.4, -0.2) is 53.0 Å². The molecule has 1 aliphatic carbocycles. The summed E-state index contributed by atoms with van der Waals surface area (Å²) in [6.45, 7) is 2.73. The van der Waals surface area contributed by atoms with Crippen LogP contribution < -0.4 is 10.2 Å². The predicted octanol–water partition coefficient (Wildman–Crippen LogP) is 1.79. The number of nitrogens with zero attached hydrogens (tertiary/aromatic N) is 4. The molecule has 2 aliphatic rings. The van der Waals surface area contributed by atoms with Crippen molar-refractivity contribution in [2.45, 2.75) is 31.2 Å². The van der Waals surface area contributed by atoms with Gasteiger partial charge in [-0.05, 0) is 37.5 Å². The lowest BCUT2D eigenvalue weighted by atomic mass is 10.1. The van der Waals surface area contributed by atoms with E-state index in [-0.39, 0.29) is 11.4 Å². The van der Waals surface area contributed by atoms with Crippen LogP contribution in [0.5, 0.6) is 0 Å². The number of carbonyl (C=O) groups excluding carboxylic acids is 1. The first-order valence-electron chi connectivity index (χ1n) is 9.58. The normalized spacial score (nSPS) is 20.7. The average molecular weight is 369 g/mol. The molecule has 1 saturated carbocycles. The van der Waals surface area contributed by atoms with Gasteiger partial charge in [0, 0.05) is 63.2 Å². The maximum atomic E-state index is 12.8. The summed E-state index contributed by atoms with van der Waals surface area (Å²) in [5, 5.41) is 7.64. The lowest BCUT2D eigenvalue weighted by Crippen LogP contribution is -2.39. The highest BCUT2D eigenvalue weighted by Crippen LogP contribution is 2.38. The molecule has 0 spiro atoms. The molecule has 1 amide bonds. The van der Waals surface area contributed by atoms with E-state index in [1.807, 2.05) is 31.4 Å². The first-order chi connectivity index (χ1) is 13.1. The van der Waals surface area contributed by atoms with Crippen LogP contribution in [0.15, 0.2) is 30.6 Å². The van der Waals surface area contributed by atoms with Crippen molar-refractivity contribution in [2.75, 3.05) is 31.7 Å². The van der Waals surface area contributed by atoms with Gasteiger partial charge >= 0.3 is 0 Å². The quantitative estimate of drug-likeness (QED) is 0.806. The second-order valence-corrected chi connectivity index (χ2v) is 7.85. The van der Waals surface area contributed by atoms with Gasteiger partial charge < -0.3 is 15.0 Å². The molecule has 1 aliphatic heterocycles.